The van der Waals surface area contributed by atoms with E-state index in [0.717, 1.165) is 13.2 Å². The van der Waals surface area contributed by atoms with Crippen molar-refractivity contribution in [2.45, 2.75) is 13.3 Å². The van der Waals surface area contributed by atoms with Gasteiger partial charge < -0.3 is 4.74 Å². The number of hydrogen-bond donors (Lipinski definition) is 0. The molecule has 0 aliphatic rings. The van der Waals surface area contributed by atoms with E-state index in [9.17, 15) is 13.6 Å². The third-order valence-corrected chi connectivity index (χ3v) is 1.48. The van der Waals surface area contributed by atoms with E-state index in [2.05, 4.69) is 14.7 Å². The molecule has 0 radical (unpaired) electrons. The number of alkyl halides is 2. The maximum absolute atomic E-state index is 12.3. The van der Waals surface area contributed by atoms with Crippen molar-refractivity contribution in [3.63, 3.8) is 0 Å². The number of carbonyl (C=O) groups is 1. The van der Waals surface area contributed by atoms with Gasteiger partial charge in [0.25, 0.3) is 6.43 Å². The quantitative estimate of drug-likeness (QED) is 0.682. The number of hydrogen-bond acceptors (Lipinski definition) is 4. The van der Waals surface area contributed by atoms with Crippen molar-refractivity contribution in [1.82, 2.24) is 9.97 Å². The minimum Gasteiger partial charge on any atom is -0.464 e. The van der Waals surface area contributed by atoms with Gasteiger partial charge >= 0.3 is 5.97 Å². The van der Waals surface area contributed by atoms with Gasteiger partial charge in [-0.25, -0.2) is 23.5 Å². The maximum atomic E-state index is 12.3. The minimum atomic E-state index is -2.72. The highest BCUT2D eigenvalue weighted by Crippen LogP contribution is 2.17. The third kappa shape index (κ3) is 2.21. The second-order valence-corrected chi connectivity index (χ2v) is 2.52. The number of nitrogens with zero attached hydrogens (tertiary/aromatic N) is 2. The molecule has 0 bridgehead atoms. The molecule has 0 saturated heterocycles. The fourth-order valence-electron chi connectivity index (χ4n) is 0.912. The van der Waals surface area contributed by atoms with Crippen LogP contribution in [0.15, 0.2) is 6.07 Å². The number of carbonyl (C=O) groups excluding carboxylic acids is 1. The molecule has 0 spiro atoms. The highest BCUT2D eigenvalue weighted by Gasteiger charge is 2.15. The van der Waals surface area contributed by atoms with Crippen LogP contribution in [0.5, 0.6) is 0 Å². The van der Waals surface area contributed by atoms with Gasteiger partial charge in [0.1, 0.15) is 11.5 Å². The zero-order chi connectivity index (χ0) is 10.7. The Morgan fingerprint density at radius 3 is 2.64 bits per heavy atom. The van der Waals surface area contributed by atoms with Crippen molar-refractivity contribution in [3.05, 3.63) is 23.3 Å². The Kier molecular flexibility index (Phi) is 3.06. The van der Waals surface area contributed by atoms with E-state index in [-0.39, 0.29) is 11.5 Å². The summed E-state index contributed by atoms with van der Waals surface area (Å²) in [5, 5.41) is 0. The molecule has 14 heavy (non-hydrogen) atoms. The number of esters is 1. The summed E-state index contributed by atoms with van der Waals surface area (Å²) >= 11 is 0. The molecule has 76 valence electrons. The Balaban J connectivity index is 3.13. The fourth-order valence-corrected chi connectivity index (χ4v) is 0.912. The van der Waals surface area contributed by atoms with Gasteiger partial charge in [0.2, 0.25) is 0 Å². The molecule has 1 aromatic heterocycles. The summed E-state index contributed by atoms with van der Waals surface area (Å²) in [6, 6.07) is 0.920. The lowest BCUT2D eigenvalue weighted by atomic mass is 10.3. The summed E-state index contributed by atoms with van der Waals surface area (Å²) in [7, 11) is 1.15. The predicted molar refractivity (Wildman–Crippen MR) is 43.1 cm³/mol. The number of ether oxygens (including phenoxy) is 1. The molecular formula is C8H8F2N2O2. The standard InChI is InChI=1S/C8H8F2N2O2/c1-4-11-5(7(9)10)3-6(12-4)8(13)14-2/h3,7H,1-2H3. The minimum absolute atomic E-state index is 0.114. The van der Waals surface area contributed by atoms with Crippen LogP contribution in [-0.2, 0) is 4.74 Å². The summed E-state index contributed by atoms with van der Waals surface area (Å²) < 4.78 is 28.9. The summed E-state index contributed by atoms with van der Waals surface area (Å²) in [5.41, 5.74) is -0.631. The lowest BCUT2D eigenvalue weighted by Gasteiger charge is -2.03. The number of methoxy groups -OCH3 is 1. The van der Waals surface area contributed by atoms with Gasteiger partial charge in [0.15, 0.2) is 5.69 Å². The highest BCUT2D eigenvalue weighted by molar-refractivity contribution is 5.87. The lowest BCUT2D eigenvalue weighted by molar-refractivity contribution is 0.0592. The zero-order valence-electron chi connectivity index (χ0n) is 7.62. The van der Waals surface area contributed by atoms with E-state index in [4.69, 9.17) is 0 Å². The van der Waals surface area contributed by atoms with E-state index in [0.29, 0.717) is 0 Å². The lowest BCUT2D eigenvalue weighted by Crippen LogP contribution is -2.08. The summed E-state index contributed by atoms with van der Waals surface area (Å²) in [4.78, 5) is 18.1. The Labute approximate surface area is 78.9 Å². The SMILES string of the molecule is COC(=O)c1cc(C(F)F)nc(C)n1. The molecule has 4 nitrogen and oxygen atoms in total. The second kappa shape index (κ2) is 4.08. The topological polar surface area (TPSA) is 52.1 Å². The second-order valence-electron chi connectivity index (χ2n) is 2.52. The first kappa shape index (κ1) is 10.5. The van der Waals surface area contributed by atoms with Crippen LogP contribution in [0.4, 0.5) is 8.78 Å². The molecule has 0 atom stereocenters. The van der Waals surface area contributed by atoms with E-state index >= 15 is 0 Å². The van der Waals surface area contributed by atoms with Crippen LogP contribution in [0.25, 0.3) is 0 Å². The van der Waals surface area contributed by atoms with Crippen molar-refractivity contribution in [1.29, 1.82) is 0 Å². The fraction of sp³-hybridized carbons (Fsp3) is 0.375. The average molecular weight is 202 g/mol. The average Bonchev–Trinajstić information content (AvgIpc) is 2.15. The summed E-state index contributed by atoms with van der Waals surface area (Å²) in [6.07, 6.45) is -2.72. The normalized spacial score (nSPS) is 10.4. The number of aryl methyl sites for hydroxylation is 1. The van der Waals surface area contributed by atoms with E-state index in [1.54, 1.807) is 0 Å². The van der Waals surface area contributed by atoms with E-state index in [1.807, 2.05) is 0 Å². The van der Waals surface area contributed by atoms with E-state index < -0.39 is 18.1 Å². The zero-order valence-corrected chi connectivity index (χ0v) is 7.62. The molecule has 0 unspecified atom stereocenters. The summed E-state index contributed by atoms with van der Waals surface area (Å²) in [6.45, 7) is 1.43. The van der Waals surface area contributed by atoms with Crippen molar-refractivity contribution >= 4 is 5.97 Å². The van der Waals surface area contributed by atoms with Gasteiger partial charge in [0, 0.05) is 0 Å². The van der Waals surface area contributed by atoms with Crippen molar-refractivity contribution in [2.24, 2.45) is 0 Å². The number of aromatic nitrogens is 2. The van der Waals surface area contributed by atoms with Crippen LogP contribution in [0.3, 0.4) is 0 Å². The Morgan fingerprint density at radius 1 is 1.50 bits per heavy atom. The van der Waals surface area contributed by atoms with Crippen molar-refractivity contribution in [2.75, 3.05) is 7.11 Å². The Hall–Kier alpha value is -1.59. The van der Waals surface area contributed by atoms with Crippen LogP contribution in [0.1, 0.15) is 28.4 Å². The van der Waals surface area contributed by atoms with Crippen LogP contribution in [-0.4, -0.2) is 23.0 Å². The van der Waals surface area contributed by atoms with Gasteiger partial charge in [-0.15, -0.1) is 0 Å². The smallest absolute Gasteiger partial charge is 0.356 e. The third-order valence-electron chi connectivity index (χ3n) is 1.48. The highest BCUT2D eigenvalue weighted by atomic mass is 19.3. The Bertz CT molecular complexity index is 355. The molecule has 0 aliphatic carbocycles. The molecule has 1 heterocycles. The van der Waals surface area contributed by atoms with Gasteiger partial charge in [-0.05, 0) is 13.0 Å². The molecule has 0 saturated carbocycles. The van der Waals surface area contributed by atoms with Crippen LogP contribution in [0, 0.1) is 6.92 Å². The van der Waals surface area contributed by atoms with Crippen LogP contribution < -0.4 is 0 Å². The molecule has 0 amide bonds. The predicted octanol–water partition coefficient (Wildman–Crippen LogP) is 1.51. The van der Waals surface area contributed by atoms with Crippen molar-refractivity contribution in [3.8, 4) is 0 Å². The first-order chi connectivity index (χ1) is 6.54. The molecule has 0 aliphatic heterocycles. The monoisotopic (exact) mass is 202 g/mol. The maximum Gasteiger partial charge on any atom is 0.356 e. The Morgan fingerprint density at radius 2 is 2.14 bits per heavy atom. The van der Waals surface area contributed by atoms with Gasteiger partial charge in [-0.2, -0.15) is 0 Å². The molecule has 1 rings (SSSR count). The molecular weight excluding hydrogens is 194 g/mol. The van der Waals surface area contributed by atoms with Crippen molar-refractivity contribution < 1.29 is 18.3 Å². The molecule has 0 fully saturated rings. The van der Waals surface area contributed by atoms with E-state index in [1.165, 1.54) is 6.92 Å². The molecule has 0 aromatic carbocycles. The van der Waals surface area contributed by atoms with Gasteiger partial charge in [-0.1, -0.05) is 0 Å². The van der Waals surface area contributed by atoms with Gasteiger partial charge in [0.05, 0.1) is 7.11 Å². The van der Waals surface area contributed by atoms with Crippen LogP contribution >= 0.6 is 0 Å². The molecule has 1 aromatic rings. The number of rotatable bonds is 2. The van der Waals surface area contributed by atoms with Crippen LogP contribution in [0.2, 0.25) is 0 Å². The summed E-state index contributed by atoms with van der Waals surface area (Å²) in [5.74, 6) is -0.638. The molecule has 6 heteroatoms. The first-order valence-corrected chi connectivity index (χ1v) is 3.76. The van der Waals surface area contributed by atoms with Gasteiger partial charge in [-0.3, -0.25) is 0 Å². The first-order valence-electron chi connectivity index (χ1n) is 3.76. The molecule has 0 N–H and O–H groups in total. The largest absolute Gasteiger partial charge is 0.464 e. The number of halogens is 2.